The van der Waals surface area contributed by atoms with Gasteiger partial charge in [-0.25, -0.2) is 23.4 Å². The average molecular weight is 560 g/mol. The maximum Gasteiger partial charge on any atom is 0.434 e. The van der Waals surface area contributed by atoms with Crippen LogP contribution in [0.2, 0.25) is 5.15 Å². The number of alkyl halides is 3. The third kappa shape index (κ3) is 5.95. The van der Waals surface area contributed by atoms with Gasteiger partial charge in [0.15, 0.2) is 15.5 Å². The van der Waals surface area contributed by atoms with Gasteiger partial charge in [-0.05, 0) is 66.7 Å². The lowest BCUT2D eigenvalue weighted by molar-refractivity contribution is -0.141. The predicted molar refractivity (Wildman–Crippen MR) is 141 cm³/mol. The number of allylic oxidation sites excluding steroid dienone is 1. The Hall–Kier alpha value is -3.96. The minimum absolute atomic E-state index is 0.106. The maximum absolute atomic E-state index is 13.4. The van der Waals surface area contributed by atoms with E-state index in [0.29, 0.717) is 33.8 Å². The fraction of sp³-hybridized carbons (Fsp3) is 0.115. The first-order valence-corrected chi connectivity index (χ1v) is 13.3. The van der Waals surface area contributed by atoms with E-state index in [1.165, 1.54) is 42.1 Å². The number of nitrogens with two attached hydrogens (primary N) is 1. The van der Waals surface area contributed by atoms with E-state index in [1.54, 1.807) is 42.5 Å². The number of halogens is 4. The molecule has 2 N–H and O–H groups in total. The molecule has 2 aromatic carbocycles. The van der Waals surface area contributed by atoms with Gasteiger partial charge in [0.05, 0.1) is 28.2 Å². The summed E-state index contributed by atoms with van der Waals surface area (Å²) in [6, 6.07) is 14.5. The van der Waals surface area contributed by atoms with Crippen LogP contribution in [0, 0.1) is 6.92 Å². The zero-order valence-electron chi connectivity index (χ0n) is 20.1. The molecule has 0 aliphatic rings. The van der Waals surface area contributed by atoms with E-state index in [0.717, 1.165) is 12.5 Å². The Morgan fingerprint density at radius 1 is 1.11 bits per heavy atom. The third-order valence-electron chi connectivity index (χ3n) is 5.52. The highest BCUT2D eigenvalue weighted by Crippen LogP contribution is 2.32. The Balaban J connectivity index is 1.98. The van der Waals surface area contributed by atoms with Crippen molar-refractivity contribution in [1.82, 2.24) is 14.5 Å². The first-order chi connectivity index (χ1) is 17.9. The number of hydrogen-bond acceptors (Lipinski definition) is 6. The first-order valence-electron chi connectivity index (χ1n) is 11.0. The molecular formula is C26H21ClF3N5O2S. The summed E-state index contributed by atoms with van der Waals surface area (Å²) in [6.45, 7) is 1.46. The number of aliphatic imine (C=N–C) groups is 1. The number of nitrogens with zero attached hydrogens (tertiary/aromatic N) is 4. The molecule has 0 atom stereocenters. The number of benzene rings is 2. The Morgan fingerprint density at radius 2 is 1.84 bits per heavy atom. The van der Waals surface area contributed by atoms with E-state index >= 15 is 0 Å². The molecule has 0 fully saturated rings. The summed E-state index contributed by atoms with van der Waals surface area (Å²) in [5.41, 5.74) is 7.37. The van der Waals surface area contributed by atoms with Crippen LogP contribution in [0.5, 0.6) is 0 Å². The summed E-state index contributed by atoms with van der Waals surface area (Å²) in [5, 5.41) is 0.266. The highest BCUT2D eigenvalue weighted by atomic mass is 35.5. The maximum atomic E-state index is 13.4. The van der Waals surface area contributed by atoms with Crippen LogP contribution < -0.4 is 5.73 Å². The van der Waals surface area contributed by atoms with Gasteiger partial charge >= 0.3 is 6.18 Å². The monoisotopic (exact) mass is 559 g/mol. The second kappa shape index (κ2) is 10.4. The quantitative estimate of drug-likeness (QED) is 0.234. The molecule has 196 valence electrons. The number of sulfone groups is 1. The number of pyridine rings is 1. The lowest BCUT2D eigenvalue weighted by atomic mass is 9.98. The molecule has 4 rings (SSSR count). The molecule has 7 nitrogen and oxygen atoms in total. The van der Waals surface area contributed by atoms with Crippen molar-refractivity contribution in [3.05, 3.63) is 102 Å². The van der Waals surface area contributed by atoms with Gasteiger partial charge in [-0.3, -0.25) is 0 Å². The van der Waals surface area contributed by atoms with Gasteiger partial charge in [-0.15, -0.1) is 0 Å². The summed E-state index contributed by atoms with van der Waals surface area (Å²) >= 11 is 5.88. The van der Waals surface area contributed by atoms with Crippen LogP contribution >= 0.6 is 11.6 Å². The fourth-order valence-electron chi connectivity index (χ4n) is 3.74. The van der Waals surface area contributed by atoms with Crippen molar-refractivity contribution >= 4 is 32.8 Å². The van der Waals surface area contributed by atoms with Crippen molar-refractivity contribution in [3.63, 3.8) is 0 Å². The van der Waals surface area contributed by atoms with Crippen LogP contribution in [-0.2, 0) is 16.0 Å². The molecule has 0 unspecified atom stereocenters. The Labute approximate surface area is 222 Å². The summed E-state index contributed by atoms with van der Waals surface area (Å²) < 4.78 is 65.8. The van der Waals surface area contributed by atoms with Crippen molar-refractivity contribution in [3.8, 4) is 16.8 Å². The van der Waals surface area contributed by atoms with Crippen LogP contribution in [0.4, 0.5) is 18.9 Å². The van der Waals surface area contributed by atoms with E-state index in [-0.39, 0.29) is 15.9 Å². The van der Waals surface area contributed by atoms with Crippen LogP contribution in [0.15, 0.2) is 89.2 Å². The highest BCUT2D eigenvalue weighted by molar-refractivity contribution is 7.90. The Kier molecular flexibility index (Phi) is 7.43. The summed E-state index contributed by atoms with van der Waals surface area (Å²) in [5.74, 6) is 0.106. The molecule has 2 heterocycles. The molecule has 0 spiro atoms. The van der Waals surface area contributed by atoms with Gasteiger partial charge in [-0.1, -0.05) is 29.8 Å². The molecule has 0 aliphatic carbocycles. The molecule has 38 heavy (non-hydrogen) atoms. The van der Waals surface area contributed by atoms with Crippen molar-refractivity contribution in [2.45, 2.75) is 18.0 Å². The SMILES string of the molecule is Cc1nc(C(F)(F)F)cn1-c1ccc(-c2cccc(S(C)(=O)=O)c2)cc1C(C=CN)=Nc1ccc(Cl)nc1. The zero-order chi connectivity index (χ0) is 27.7. The molecular weight excluding hydrogens is 539 g/mol. The van der Waals surface area contributed by atoms with Crippen molar-refractivity contribution < 1.29 is 21.6 Å². The van der Waals surface area contributed by atoms with E-state index in [1.807, 2.05) is 0 Å². The molecule has 0 amide bonds. The van der Waals surface area contributed by atoms with Crippen molar-refractivity contribution in [2.75, 3.05) is 6.26 Å². The van der Waals surface area contributed by atoms with Crippen LogP contribution in [0.3, 0.4) is 0 Å². The van der Waals surface area contributed by atoms with Gasteiger partial charge in [0, 0.05) is 18.0 Å². The molecule has 0 bridgehead atoms. The Bertz CT molecular complexity index is 1660. The number of aryl methyl sites for hydroxylation is 1. The average Bonchev–Trinajstić information content (AvgIpc) is 3.26. The molecule has 0 saturated heterocycles. The molecule has 2 aromatic heterocycles. The van der Waals surface area contributed by atoms with E-state index in [4.69, 9.17) is 17.3 Å². The number of hydrogen-bond donors (Lipinski definition) is 1. The third-order valence-corrected chi connectivity index (χ3v) is 6.85. The zero-order valence-corrected chi connectivity index (χ0v) is 21.7. The lowest BCUT2D eigenvalue weighted by Gasteiger charge is -2.15. The normalized spacial score (nSPS) is 12.8. The van der Waals surface area contributed by atoms with Gasteiger partial charge < -0.3 is 10.3 Å². The summed E-state index contributed by atoms with van der Waals surface area (Å²) in [4.78, 5) is 12.4. The topological polar surface area (TPSA) is 103 Å². The molecule has 12 heteroatoms. The standard InChI is InChI=1S/C26H21ClF3N5O2S/c1-16-33-24(26(28,29)30)15-35(16)23-8-6-18(17-4-3-5-20(12-17)38(2,36)37)13-21(23)22(10-11-31)34-19-7-9-25(27)32-14-19/h3-15H,31H2,1-2H3. The second-order valence-corrected chi connectivity index (χ2v) is 10.7. The molecule has 4 aromatic rings. The van der Waals surface area contributed by atoms with Crippen LogP contribution in [-0.4, -0.2) is 34.9 Å². The lowest BCUT2D eigenvalue weighted by Crippen LogP contribution is -2.08. The van der Waals surface area contributed by atoms with Crippen molar-refractivity contribution in [1.29, 1.82) is 0 Å². The number of aromatic nitrogens is 3. The molecule has 0 saturated carbocycles. The van der Waals surface area contributed by atoms with Gasteiger partial charge in [0.1, 0.15) is 11.0 Å². The Morgan fingerprint density at radius 3 is 2.45 bits per heavy atom. The minimum Gasteiger partial charge on any atom is -0.405 e. The smallest absolute Gasteiger partial charge is 0.405 e. The first kappa shape index (κ1) is 27.1. The number of imidazole rings is 1. The largest absolute Gasteiger partial charge is 0.434 e. The molecule has 0 aliphatic heterocycles. The van der Waals surface area contributed by atoms with E-state index in [2.05, 4.69) is 15.0 Å². The second-order valence-electron chi connectivity index (χ2n) is 8.27. The van der Waals surface area contributed by atoms with Gasteiger partial charge in [0.2, 0.25) is 0 Å². The highest BCUT2D eigenvalue weighted by Gasteiger charge is 2.34. The predicted octanol–water partition coefficient (Wildman–Crippen LogP) is 5.91. The number of rotatable bonds is 6. The van der Waals surface area contributed by atoms with E-state index < -0.39 is 21.7 Å². The van der Waals surface area contributed by atoms with Gasteiger partial charge in [-0.2, -0.15) is 13.2 Å². The fourth-order valence-corrected chi connectivity index (χ4v) is 4.52. The van der Waals surface area contributed by atoms with E-state index in [9.17, 15) is 21.6 Å². The van der Waals surface area contributed by atoms with Crippen molar-refractivity contribution in [2.24, 2.45) is 10.7 Å². The summed E-state index contributed by atoms with van der Waals surface area (Å²) in [7, 11) is -3.47. The van der Waals surface area contributed by atoms with Crippen LogP contribution in [0.25, 0.3) is 16.8 Å². The summed E-state index contributed by atoms with van der Waals surface area (Å²) in [6.07, 6.45) is 1.58. The van der Waals surface area contributed by atoms with Crippen LogP contribution in [0.1, 0.15) is 17.1 Å². The minimum atomic E-state index is -4.63. The molecule has 0 radical (unpaired) electrons. The van der Waals surface area contributed by atoms with Gasteiger partial charge in [0.25, 0.3) is 0 Å².